The van der Waals surface area contributed by atoms with Crippen molar-refractivity contribution in [1.82, 2.24) is 10.6 Å². The predicted octanol–water partition coefficient (Wildman–Crippen LogP) is 2.16. The fraction of sp³-hybridized carbons (Fsp3) is 0.444. The SMILES string of the molecule is CNCCC(=O)NCc1ccc(Br)s1.Cl. The van der Waals surface area contributed by atoms with E-state index in [0.717, 1.165) is 15.2 Å². The zero-order valence-electron chi connectivity index (χ0n) is 8.38. The highest BCUT2D eigenvalue weighted by Crippen LogP contribution is 2.21. The molecule has 0 aliphatic rings. The molecule has 1 aromatic heterocycles. The number of hydrogen-bond acceptors (Lipinski definition) is 3. The van der Waals surface area contributed by atoms with Gasteiger partial charge in [0, 0.05) is 17.8 Å². The Hall–Kier alpha value is -0.100. The number of amides is 1. The molecule has 0 saturated carbocycles. The van der Waals surface area contributed by atoms with Crippen LogP contribution in [0.4, 0.5) is 0 Å². The summed E-state index contributed by atoms with van der Waals surface area (Å²) in [6.45, 7) is 1.35. The van der Waals surface area contributed by atoms with Gasteiger partial charge in [0.2, 0.25) is 5.91 Å². The molecule has 1 rings (SSSR count). The van der Waals surface area contributed by atoms with E-state index >= 15 is 0 Å². The summed E-state index contributed by atoms with van der Waals surface area (Å²) in [5.74, 6) is 0.0869. The molecule has 0 atom stereocenters. The van der Waals surface area contributed by atoms with Gasteiger partial charge < -0.3 is 10.6 Å². The molecule has 6 heteroatoms. The molecular formula is C9H14BrClN2OS. The van der Waals surface area contributed by atoms with E-state index < -0.39 is 0 Å². The normalized spacial score (nSPS) is 9.47. The van der Waals surface area contributed by atoms with Crippen LogP contribution in [0.3, 0.4) is 0 Å². The second-order valence-electron chi connectivity index (χ2n) is 2.84. The zero-order valence-corrected chi connectivity index (χ0v) is 11.6. The van der Waals surface area contributed by atoms with Crippen LogP contribution in [0.2, 0.25) is 0 Å². The maximum atomic E-state index is 11.2. The van der Waals surface area contributed by atoms with Gasteiger partial charge in [-0.05, 0) is 35.1 Å². The number of thiophene rings is 1. The summed E-state index contributed by atoms with van der Waals surface area (Å²) in [7, 11) is 1.84. The lowest BCUT2D eigenvalue weighted by Gasteiger charge is -2.02. The number of carbonyl (C=O) groups excluding carboxylic acids is 1. The van der Waals surface area contributed by atoms with Gasteiger partial charge in [-0.2, -0.15) is 0 Å². The molecule has 15 heavy (non-hydrogen) atoms. The summed E-state index contributed by atoms with van der Waals surface area (Å²) in [5.41, 5.74) is 0. The van der Waals surface area contributed by atoms with Gasteiger partial charge in [-0.25, -0.2) is 0 Å². The Bertz CT molecular complexity index is 306. The van der Waals surface area contributed by atoms with E-state index in [1.807, 2.05) is 19.2 Å². The number of hydrogen-bond donors (Lipinski definition) is 2. The molecule has 0 aromatic carbocycles. The molecule has 1 aromatic rings. The van der Waals surface area contributed by atoms with E-state index in [-0.39, 0.29) is 18.3 Å². The standard InChI is InChI=1S/C9H13BrN2OS.ClH/c1-11-5-4-9(13)12-6-7-2-3-8(10)14-7;/h2-3,11H,4-6H2,1H3,(H,12,13);1H. The molecule has 0 aliphatic carbocycles. The van der Waals surface area contributed by atoms with Crippen molar-refractivity contribution >= 4 is 45.6 Å². The molecule has 1 heterocycles. The highest BCUT2D eigenvalue weighted by Gasteiger charge is 2.01. The Labute approximate surface area is 108 Å². The highest BCUT2D eigenvalue weighted by molar-refractivity contribution is 9.11. The first kappa shape index (κ1) is 14.9. The molecule has 0 unspecified atom stereocenters. The topological polar surface area (TPSA) is 41.1 Å². The Morgan fingerprint density at radius 3 is 2.80 bits per heavy atom. The molecule has 0 fully saturated rings. The van der Waals surface area contributed by atoms with Gasteiger partial charge in [0.1, 0.15) is 0 Å². The Balaban J connectivity index is 0.00000196. The van der Waals surface area contributed by atoms with Crippen molar-refractivity contribution in [2.75, 3.05) is 13.6 Å². The Morgan fingerprint density at radius 2 is 2.27 bits per heavy atom. The molecule has 1 amide bonds. The summed E-state index contributed by atoms with van der Waals surface area (Å²) >= 11 is 5.02. The summed E-state index contributed by atoms with van der Waals surface area (Å²) in [4.78, 5) is 12.4. The van der Waals surface area contributed by atoms with Crippen LogP contribution in [-0.4, -0.2) is 19.5 Å². The first-order chi connectivity index (χ1) is 6.72. The maximum absolute atomic E-state index is 11.2. The lowest BCUT2D eigenvalue weighted by Crippen LogP contribution is -2.25. The van der Waals surface area contributed by atoms with Gasteiger partial charge >= 0.3 is 0 Å². The van der Waals surface area contributed by atoms with Crippen molar-refractivity contribution in [3.8, 4) is 0 Å². The molecule has 3 nitrogen and oxygen atoms in total. The van der Waals surface area contributed by atoms with Crippen molar-refractivity contribution in [2.45, 2.75) is 13.0 Å². The van der Waals surface area contributed by atoms with E-state index in [1.165, 1.54) is 0 Å². The monoisotopic (exact) mass is 312 g/mol. The summed E-state index contributed by atoms with van der Waals surface area (Å²) in [5, 5.41) is 5.79. The van der Waals surface area contributed by atoms with Crippen molar-refractivity contribution in [3.63, 3.8) is 0 Å². The number of halogens is 2. The molecule has 86 valence electrons. The Morgan fingerprint density at radius 1 is 1.53 bits per heavy atom. The molecule has 0 saturated heterocycles. The quantitative estimate of drug-likeness (QED) is 0.874. The van der Waals surface area contributed by atoms with Crippen molar-refractivity contribution in [3.05, 3.63) is 20.8 Å². The largest absolute Gasteiger partial charge is 0.351 e. The molecule has 0 bridgehead atoms. The van der Waals surface area contributed by atoms with Crippen molar-refractivity contribution in [1.29, 1.82) is 0 Å². The molecule has 0 aliphatic heterocycles. The Kier molecular flexibility index (Phi) is 8.04. The average molecular weight is 314 g/mol. The minimum atomic E-state index is 0. The lowest BCUT2D eigenvalue weighted by atomic mass is 10.4. The summed E-state index contributed by atoms with van der Waals surface area (Å²) < 4.78 is 1.09. The third kappa shape index (κ3) is 6.14. The van der Waals surface area contributed by atoms with Gasteiger partial charge in [-0.3, -0.25) is 4.79 Å². The third-order valence-corrected chi connectivity index (χ3v) is 3.31. The number of nitrogens with one attached hydrogen (secondary N) is 2. The smallest absolute Gasteiger partial charge is 0.221 e. The fourth-order valence-electron chi connectivity index (χ4n) is 0.959. The second-order valence-corrected chi connectivity index (χ2v) is 5.38. The van der Waals surface area contributed by atoms with Gasteiger partial charge in [0.05, 0.1) is 10.3 Å². The van der Waals surface area contributed by atoms with Crippen LogP contribution in [0.25, 0.3) is 0 Å². The van der Waals surface area contributed by atoms with Crippen LogP contribution in [0, 0.1) is 0 Å². The predicted molar refractivity (Wildman–Crippen MR) is 69.7 cm³/mol. The molecule has 0 spiro atoms. The van der Waals surface area contributed by atoms with Crippen LogP contribution in [0.1, 0.15) is 11.3 Å². The van der Waals surface area contributed by atoms with Gasteiger partial charge in [-0.1, -0.05) is 0 Å². The fourth-order valence-corrected chi connectivity index (χ4v) is 2.38. The first-order valence-electron chi connectivity index (χ1n) is 4.38. The minimum absolute atomic E-state index is 0. The molecule has 0 radical (unpaired) electrons. The average Bonchev–Trinajstić information content (AvgIpc) is 2.58. The van der Waals surface area contributed by atoms with E-state index in [1.54, 1.807) is 11.3 Å². The molecular weight excluding hydrogens is 300 g/mol. The van der Waals surface area contributed by atoms with Crippen LogP contribution in [0.15, 0.2) is 15.9 Å². The van der Waals surface area contributed by atoms with E-state index in [0.29, 0.717) is 13.0 Å². The molecule has 2 N–H and O–H groups in total. The first-order valence-corrected chi connectivity index (χ1v) is 5.99. The van der Waals surface area contributed by atoms with Gasteiger partial charge in [0.15, 0.2) is 0 Å². The van der Waals surface area contributed by atoms with Crippen LogP contribution in [-0.2, 0) is 11.3 Å². The van der Waals surface area contributed by atoms with Gasteiger partial charge in [-0.15, -0.1) is 23.7 Å². The zero-order chi connectivity index (χ0) is 10.4. The lowest BCUT2D eigenvalue weighted by molar-refractivity contribution is -0.121. The van der Waals surface area contributed by atoms with Gasteiger partial charge in [0.25, 0.3) is 0 Å². The number of rotatable bonds is 5. The van der Waals surface area contributed by atoms with E-state index in [9.17, 15) is 4.79 Å². The van der Waals surface area contributed by atoms with E-state index in [2.05, 4.69) is 26.6 Å². The van der Waals surface area contributed by atoms with Crippen molar-refractivity contribution in [2.24, 2.45) is 0 Å². The number of carbonyl (C=O) groups is 1. The minimum Gasteiger partial charge on any atom is -0.351 e. The highest BCUT2D eigenvalue weighted by atomic mass is 79.9. The second kappa shape index (κ2) is 8.10. The maximum Gasteiger partial charge on any atom is 0.221 e. The van der Waals surface area contributed by atoms with Crippen molar-refractivity contribution < 1.29 is 4.79 Å². The summed E-state index contributed by atoms with van der Waals surface area (Å²) in [6, 6.07) is 3.99. The van der Waals surface area contributed by atoms with E-state index in [4.69, 9.17) is 0 Å². The third-order valence-electron chi connectivity index (χ3n) is 1.69. The summed E-state index contributed by atoms with van der Waals surface area (Å²) in [6.07, 6.45) is 0.531. The van der Waals surface area contributed by atoms with Crippen LogP contribution in [0.5, 0.6) is 0 Å². The van der Waals surface area contributed by atoms with Crippen LogP contribution >= 0.6 is 39.7 Å². The van der Waals surface area contributed by atoms with Crippen LogP contribution < -0.4 is 10.6 Å².